The van der Waals surface area contributed by atoms with Crippen molar-refractivity contribution < 1.29 is 14.7 Å². The lowest BCUT2D eigenvalue weighted by Gasteiger charge is -2.07. The number of rotatable bonds is 2. The molecule has 1 N–H and O–H groups in total. The van der Waals surface area contributed by atoms with Crippen molar-refractivity contribution in [1.82, 2.24) is 15.0 Å². The van der Waals surface area contributed by atoms with Gasteiger partial charge in [-0.25, -0.2) is 4.79 Å². The molecule has 3 rings (SSSR count). The zero-order valence-corrected chi connectivity index (χ0v) is 12.6. The SMILES string of the molecule is COC(=O)c1cc2c(cc1C)nnn2/C(=N\O)c1ccccc1. The van der Waals surface area contributed by atoms with Crippen molar-refractivity contribution in [1.29, 1.82) is 0 Å². The number of ether oxygens (including phenoxy) is 1. The normalized spacial score (nSPS) is 11.7. The smallest absolute Gasteiger partial charge is 0.338 e. The Morgan fingerprint density at radius 2 is 2.00 bits per heavy atom. The standard InChI is InChI=1S/C16H14N4O3/c1-10-8-13-14(9-12(10)16(21)23-2)20(19-17-13)15(18-22)11-6-4-3-5-7-11/h3-9,22H,1-2H3/b18-15-. The number of benzene rings is 2. The monoisotopic (exact) mass is 310 g/mol. The minimum atomic E-state index is -0.445. The fourth-order valence-electron chi connectivity index (χ4n) is 2.37. The molecule has 0 fully saturated rings. The average molecular weight is 310 g/mol. The van der Waals surface area contributed by atoms with Gasteiger partial charge >= 0.3 is 5.97 Å². The Balaban J connectivity index is 2.20. The molecule has 3 aromatic rings. The summed E-state index contributed by atoms with van der Waals surface area (Å²) in [4.78, 5) is 11.9. The van der Waals surface area contributed by atoms with Gasteiger partial charge in [0.15, 0.2) is 0 Å². The first-order valence-electron chi connectivity index (χ1n) is 6.88. The Kier molecular flexibility index (Phi) is 3.76. The largest absolute Gasteiger partial charge is 0.465 e. The number of aromatic nitrogens is 3. The molecule has 0 amide bonds. The third-order valence-electron chi connectivity index (χ3n) is 3.52. The van der Waals surface area contributed by atoms with Crippen LogP contribution in [0.5, 0.6) is 0 Å². The summed E-state index contributed by atoms with van der Waals surface area (Å²) in [6.07, 6.45) is 0. The predicted octanol–water partition coefficient (Wildman–Crippen LogP) is 2.21. The van der Waals surface area contributed by atoms with Gasteiger partial charge < -0.3 is 9.94 Å². The number of fused-ring (bicyclic) bond motifs is 1. The number of hydrogen-bond donors (Lipinski definition) is 1. The molecule has 0 aliphatic heterocycles. The Bertz CT molecular complexity index is 900. The third-order valence-corrected chi connectivity index (χ3v) is 3.52. The molecule has 0 saturated heterocycles. The van der Waals surface area contributed by atoms with E-state index in [-0.39, 0.29) is 5.84 Å². The molecule has 0 bridgehead atoms. The number of carbonyl (C=O) groups is 1. The van der Waals surface area contributed by atoms with Gasteiger partial charge in [-0.2, -0.15) is 4.68 Å². The number of carbonyl (C=O) groups excluding carboxylic acids is 1. The molecule has 0 radical (unpaired) electrons. The summed E-state index contributed by atoms with van der Waals surface area (Å²) >= 11 is 0. The second-order valence-corrected chi connectivity index (χ2v) is 4.94. The van der Waals surface area contributed by atoms with Crippen LogP contribution in [-0.4, -0.2) is 39.1 Å². The lowest BCUT2D eigenvalue weighted by atomic mass is 10.1. The summed E-state index contributed by atoms with van der Waals surface area (Å²) < 4.78 is 6.17. The van der Waals surface area contributed by atoms with Crippen LogP contribution in [0.3, 0.4) is 0 Å². The van der Waals surface area contributed by atoms with E-state index in [1.54, 1.807) is 31.2 Å². The highest BCUT2D eigenvalue weighted by Gasteiger charge is 2.17. The summed E-state index contributed by atoms with van der Waals surface area (Å²) in [5.74, 6) is -0.230. The highest BCUT2D eigenvalue weighted by Crippen LogP contribution is 2.20. The van der Waals surface area contributed by atoms with Gasteiger partial charge in [-0.05, 0) is 24.6 Å². The number of methoxy groups -OCH3 is 1. The Morgan fingerprint density at radius 3 is 2.65 bits per heavy atom. The lowest BCUT2D eigenvalue weighted by Crippen LogP contribution is -2.15. The first-order chi connectivity index (χ1) is 11.2. The van der Waals surface area contributed by atoms with Gasteiger partial charge in [-0.3, -0.25) is 0 Å². The molecule has 23 heavy (non-hydrogen) atoms. The molecule has 0 unspecified atom stereocenters. The molecule has 116 valence electrons. The average Bonchev–Trinajstić information content (AvgIpc) is 2.98. The van der Waals surface area contributed by atoms with E-state index in [1.807, 2.05) is 18.2 Å². The number of esters is 1. The zero-order valence-electron chi connectivity index (χ0n) is 12.6. The molecule has 7 heteroatoms. The van der Waals surface area contributed by atoms with Crippen LogP contribution in [0.2, 0.25) is 0 Å². The van der Waals surface area contributed by atoms with Gasteiger partial charge in [0.2, 0.25) is 5.84 Å². The summed E-state index contributed by atoms with van der Waals surface area (Å²) in [5, 5.41) is 20.8. The van der Waals surface area contributed by atoms with Gasteiger partial charge in [0.1, 0.15) is 5.52 Å². The second kappa shape index (κ2) is 5.88. The van der Waals surface area contributed by atoms with E-state index in [0.717, 1.165) is 5.56 Å². The third kappa shape index (κ3) is 2.52. The molecule has 0 saturated carbocycles. The molecule has 2 aromatic carbocycles. The summed E-state index contributed by atoms with van der Waals surface area (Å²) in [5.41, 5.74) is 2.95. The van der Waals surface area contributed by atoms with E-state index < -0.39 is 5.97 Å². The van der Waals surface area contributed by atoms with Crippen LogP contribution < -0.4 is 0 Å². The molecule has 0 aliphatic rings. The van der Waals surface area contributed by atoms with Crippen LogP contribution in [0.25, 0.3) is 11.0 Å². The van der Waals surface area contributed by atoms with Crippen LogP contribution in [-0.2, 0) is 4.74 Å². The molecule has 1 aromatic heterocycles. The minimum Gasteiger partial charge on any atom is -0.465 e. The van der Waals surface area contributed by atoms with E-state index in [0.29, 0.717) is 22.2 Å². The Hall–Kier alpha value is -3.22. The Labute approximate surface area is 131 Å². The maximum Gasteiger partial charge on any atom is 0.338 e. The Morgan fingerprint density at radius 1 is 1.26 bits per heavy atom. The van der Waals surface area contributed by atoms with Crippen molar-refractivity contribution >= 4 is 22.8 Å². The van der Waals surface area contributed by atoms with Crippen LogP contribution in [0, 0.1) is 6.92 Å². The van der Waals surface area contributed by atoms with E-state index in [9.17, 15) is 10.0 Å². The van der Waals surface area contributed by atoms with Crippen molar-refractivity contribution in [3.63, 3.8) is 0 Å². The van der Waals surface area contributed by atoms with Crippen molar-refractivity contribution in [3.8, 4) is 0 Å². The number of hydrogen-bond acceptors (Lipinski definition) is 6. The summed E-state index contributed by atoms with van der Waals surface area (Å²) in [7, 11) is 1.33. The van der Waals surface area contributed by atoms with Gasteiger partial charge in [0.05, 0.1) is 18.2 Å². The van der Waals surface area contributed by atoms with E-state index in [1.165, 1.54) is 11.8 Å². The first kappa shape index (κ1) is 14.7. The van der Waals surface area contributed by atoms with Crippen LogP contribution in [0.1, 0.15) is 21.5 Å². The van der Waals surface area contributed by atoms with Gasteiger partial charge in [0.25, 0.3) is 0 Å². The van der Waals surface area contributed by atoms with Crippen LogP contribution in [0.15, 0.2) is 47.6 Å². The van der Waals surface area contributed by atoms with Crippen molar-refractivity contribution in [3.05, 3.63) is 59.2 Å². The predicted molar refractivity (Wildman–Crippen MR) is 83.8 cm³/mol. The second-order valence-electron chi connectivity index (χ2n) is 4.94. The molecule has 1 heterocycles. The van der Waals surface area contributed by atoms with Crippen LogP contribution in [0.4, 0.5) is 0 Å². The van der Waals surface area contributed by atoms with Crippen molar-refractivity contribution in [2.75, 3.05) is 7.11 Å². The number of aryl methyl sites for hydroxylation is 1. The summed E-state index contributed by atoms with van der Waals surface area (Å²) in [6, 6.07) is 12.5. The first-order valence-corrected chi connectivity index (χ1v) is 6.88. The molecule has 7 nitrogen and oxygen atoms in total. The maximum atomic E-state index is 11.9. The summed E-state index contributed by atoms with van der Waals surface area (Å²) in [6.45, 7) is 1.79. The van der Waals surface area contributed by atoms with Gasteiger partial charge in [0, 0.05) is 5.56 Å². The molecule has 0 atom stereocenters. The fraction of sp³-hybridized carbons (Fsp3) is 0.125. The van der Waals surface area contributed by atoms with E-state index in [2.05, 4.69) is 15.5 Å². The highest BCUT2D eigenvalue weighted by molar-refractivity contribution is 6.04. The molecular formula is C16H14N4O3. The quantitative estimate of drug-likeness (QED) is 0.258. The van der Waals surface area contributed by atoms with Crippen molar-refractivity contribution in [2.24, 2.45) is 5.16 Å². The maximum absolute atomic E-state index is 11.9. The highest BCUT2D eigenvalue weighted by atomic mass is 16.5. The zero-order chi connectivity index (χ0) is 16.4. The molecule has 0 aliphatic carbocycles. The van der Waals surface area contributed by atoms with Crippen LogP contribution >= 0.6 is 0 Å². The number of nitrogens with zero attached hydrogens (tertiary/aromatic N) is 4. The van der Waals surface area contributed by atoms with E-state index in [4.69, 9.17) is 4.74 Å². The lowest BCUT2D eigenvalue weighted by molar-refractivity contribution is 0.0600. The topological polar surface area (TPSA) is 89.6 Å². The molecular weight excluding hydrogens is 296 g/mol. The number of oxime groups is 1. The minimum absolute atomic E-state index is 0.216. The van der Waals surface area contributed by atoms with Crippen molar-refractivity contribution in [2.45, 2.75) is 6.92 Å². The fourth-order valence-corrected chi connectivity index (χ4v) is 2.37. The van der Waals surface area contributed by atoms with E-state index >= 15 is 0 Å². The molecule has 0 spiro atoms. The van der Waals surface area contributed by atoms with Gasteiger partial charge in [-0.15, -0.1) is 5.10 Å². The van der Waals surface area contributed by atoms with Gasteiger partial charge in [-0.1, -0.05) is 40.7 Å².